The third-order valence-electron chi connectivity index (χ3n) is 2.47. The summed E-state index contributed by atoms with van der Waals surface area (Å²) in [5.41, 5.74) is 1.06. The normalized spacial score (nSPS) is 13.0. The number of thiazole rings is 1. The van der Waals surface area contributed by atoms with Crippen molar-refractivity contribution in [1.29, 1.82) is 0 Å². The molecule has 0 radical (unpaired) electrons. The standard InChI is InChI=1S/C11H13BrN2OS/c1-6(13-3)10-7(2)14-11(16-10)9-8(12)4-5-15-9/h4-6,13H,1-3H3. The van der Waals surface area contributed by atoms with Gasteiger partial charge in [-0.25, -0.2) is 4.98 Å². The Kier molecular flexibility index (Phi) is 3.47. The van der Waals surface area contributed by atoms with Gasteiger partial charge in [0, 0.05) is 10.9 Å². The average molecular weight is 301 g/mol. The minimum Gasteiger partial charge on any atom is -0.461 e. The van der Waals surface area contributed by atoms with Crippen LogP contribution in [0.15, 0.2) is 21.2 Å². The maximum absolute atomic E-state index is 5.41. The second-order valence-corrected chi connectivity index (χ2v) is 5.46. The zero-order valence-electron chi connectivity index (χ0n) is 9.37. The minimum atomic E-state index is 0.319. The molecule has 16 heavy (non-hydrogen) atoms. The Hall–Kier alpha value is -0.650. The number of hydrogen-bond acceptors (Lipinski definition) is 4. The second-order valence-electron chi connectivity index (χ2n) is 3.58. The molecule has 0 aliphatic rings. The Morgan fingerprint density at radius 2 is 2.31 bits per heavy atom. The molecule has 86 valence electrons. The highest BCUT2D eigenvalue weighted by Gasteiger charge is 2.17. The van der Waals surface area contributed by atoms with E-state index in [0.29, 0.717) is 6.04 Å². The van der Waals surface area contributed by atoms with Crippen molar-refractivity contribution in [2.75, 3.05) is 7.05 Å². The van der Waals surface area contributed by atoms with Gasteiger partial charge < -0.3 is 9.73 Å². The summed E-state index contributed by atoms with van der Waals surface area (Å²) in [6.45, 7) is 4.15. The number of nitrogens with zero attached hydrogens (tertiary/aromatic N) is 1. The zero-order chi connectivity index (χ0) is 11.7. The quantitative estimate of drug-likeness (QED) is 0.938. The van der Waals surface area contributed by atoms with Crippen LogP contribution in [0, 0.1) is 6.92 Å². The van der Waals surface area contributed by atoms with Gasteiger partial charge in [0.2, 0.25) is 0 Å². The molecule has 0 fully saturated rings. The number of aryl methyl sites for hydroxylation is 1. The van der Waals surface area contributed by atoms with Gasteiger partial charge in [-0.1, -0.05) is 0 Å². The van der Waals surface area contributed by atoms with E-state index in [9.17, 15) is 0 Å². The van der Waals surface area contributed by atoms with Crippen molar-refractivity contribution in [3.63, 3.8) is 0 Å². The number of aromatic nitrogens is 1. The summed E-state index contributed by atoms with van der Waals surface area (Å²) < 4.78 is 6.36. The van der Waals surface area contributed by atoms with Crippen LogP contribution in [-0.4, -0.2) is 12.0 Å². The maximum atomic E-state index is 5.41. The molecule has 3 nitrogen and oxygen atoms in total. The Morgan fingerprint density at radius 1 is 1.56 bits per heavy atom. The van der Waals surface area contributed by atoms with E-state index in [2.05, 4.69) is 33.2 Å². The first-order valence-electron chi connectivity index (χ1n) is 5.01. The smallest absolute Gasteiger partial charge is 0.176 e. The van der Waals surface area contributed by atoms with E-state index < -0.39 is 0 Å². The van der Waals surface area contributed by atoms with Crippen LogP contribution in [0.3, 0.4) is 0 Å². The van der Waals surface area contributed by atoms with Crippen molar-refractivity contribution in [2.24, 2.45) is 0 Å². The van der Waals surface area contributed by atoms with Gasteiger partial charge in [-0.15, -0.1) is 11.3 Å². The largest absolute Gasteiger partial charge is 0.461 e. The van der Waals surface area contributed by atoms with E-state index in [1.165, 1.54) is 4.88 Å². The predicted molar refractivity (Wildman–Crippen MR) is 69.7 cm³/mol. The first-order valence-corrected chi connectivity index (χ1v) is 6.62. The Labute approximate surface area is 107 Å². The van der Waals surface area contributed by atoms with Gasteiger partial charge in [-0.2, -0.15) is 0 Å². The Balaban J connectivity index is 2.42. The molecule has 0 saturated carbocycles. The minimum absolute atomic E-state index is 0.319. The summed E-state index contributed by atoms with van der Waals surface area (Å²) in [5, 5.41) is 4.15. The summed E-state index contributed by atoms with van der Waals surface area (Å²) in [6.07, 6.45) is 1.66. The van der Waals surface area contributed by atoms with Crippen LogP contribution >= 0.6 is 27.3 Å². The molecule has 0 aromatic carbocycles. The fourth-order valence-corrected chi connectivity index (χ4v) is 3.13. The van der Waals surface area contributed by atoms with E-state index in [4.69, 9.17) is 4.42 Å². The lowest BCUT2D eigenvalue weighted by Gasteiger charge is -2.06. The molecule has 0 aliphatic carbocycles. The van der Waals surface area contributed by atoms with Gasteiger partial charge in [0.1, 0.15) is 0 Å². The maximum Gasteiger partial charge on any atom is 0.176 e. The van der Waals surface area contributed by atoms with Crippen molar-refractivity contribution in [1.82, 2.24) is 10.3 Å². The molecule has 2 heterocycles. The highest BCUT2D eigenvalue weighted by atomic mass is 79.9. The Morgan fingerprint density at radius 3 is 2.88 bits per heavy atom. The van der Waals surface area contributed by atoms with Crippen LogP contribution in [-0.2, 0) is 0 Å². The topological polar surface area (TPSA) is 38.1 Å². The summed E-state index contributed by atoms with van der Waals surface area (Å²) in [7, 11) is 1.95. The first kappa shape index (κ1) is 11.8. The van der Waals surface area contributed by atoms with Crippen molar-refractivity contribution < 1.29 is 4.42 Å². The molecule has 1 unspecified atom stereocenters. The number of nitrogens with one attached hydrogen (secondary N) is 1. The predicted octanol–water partition coefficient (Wildman–Crippen LogP) is 3.75. The van der Waals surface area contributed by atoms with Gasteiger partial charge in [0.05, 0.1) is 16.4 Å². The third kappa shape index (κ3) is 2.07. The molecule has 0 saturated heterocycles. The number of furan rings is 1. The van der Waals surface area contributed by atoms with Gasteiger partial charge in [0.15, 0.2) is 10.8 Å². The summed E-state index contributed by atoms with van der Waals surface area (Å²) >= 11 is 5.11. The molecule has 1 atom stereocenters. The van der Waals surface area contributed by atoms with E-state index in [1.807, 2.05) is 20.0 Å². The molecule has 2 rings (SSSR count). The van der Waals surface area contributed by atoms with Crippen LogP contribution < -0.4 is 5.32 Å². The fraction of sp³-hybridized carbons (Fsp3) is 0.364. The summed E-state index contributed by atoms with van der Waals surface area (Å²) in [6, 6.07) is 2.20. The van der Waals surface area contributed by atoms with Crippen LogP contribution in [0.4, 0.5) is 0 Å². The second kappa shape index (κ2) is 4.69. The highest BCUT2D eigenvalue weighted by Crippen LogP contribution is 2.35. The van der Waals surface area contributed by atoms with Crippen LogP contribution in [0.2, 0.25) is 0 Å². The lowest BCUT2D eigenvalue weighted by atomic mass is 10.2. The van der Waals surface area contributed by atoms with Gasteiger partial charge in [-0.05, 0) is 42.9 Å². The fourth-order valence-electron chi connectivity index (χ4n) is 1.48. The zero-order valence-corrected chi connectivity index (χ0v) is 11.8. The van der Waals surface area contributed by atoms with E-state index in [-0.39, 0.29) is 0 Å². The van der Waals surface area contributed by atoms with Crippen molar-refractivity contribution in [2.45, 2.75) is 19.9 Å². The molecular weight excluding hydrogens is 288 g/mol. The molecule has 0 aliphatic heterocycles. The van der Waals surface area contributed by atoms with Gasteiger partial charge in [0.25, 0.3) is 0 Å². The monoisotopic (exact) mass is 300 g/mol. The average Bonchev–Trinajstić information content (AvgIpc) is 2.83. The first-order chi connectivity index (χ1) is 7.63. The molecule has 0 spiro atoms. The molecule has 5 heteroatoms. The van der Waals surface area contributed by atoms with Crippen molar-refractivity contribution in [3.8, 4) is 10.8 Å². The van der Waals surface area contributed by atoms with Crippen LogP contribution in [0.1, 0.15) is 23.5 Å². The molecular formula is C11H13BrN2OS. The van der Waals surface area contributed by atoms with Crippen molar-refractivity contribution >= 4 is 27.3 Å². The van der Waals surface area contributed by atoms with E-state index in [1.54, 1.807) is 17.6 Å². The number of rotatable bonds is 3. The van der Waals surface area contributed by atoms with Gasteiger partial charge in [-0.3, -0.25) is 0 Å². The van der Waals surface area contributed by atoms with Crippen LogP contribution in [0.5, 0.6) is 0 Å². The molecule has 0 bridgehead atoms. The lowest BCUT2D eigenvalue weighted by molar-refractivity contribution is 0.580. The number of halogens is 1. The van der Waals surface area contributed by atoms with Crippen molar-refractivity contribution in [3.05, 3.63) is 27.4 Å². The summed E-state index contributed by atoms with van der Waals surface area (Å²) in [4.78, 5) is 5.79. The lowest BCUT2D eigenvalue weighted by Crippen LogP contribution is -2.11. The molecule has 1 N–H and O–H groups in total. The Bertz CT molecular complexity index is 492. The van der Waals surface area contributed by atoms with E-state index >= 15 is 0 Å². The molecule has 0 amide bonds. The van der Waals surface area contributed by atoms with E-state index in [0.717, 1.165) is 20.9 Å². The molecule has 2 aromatic heterocycles. The third-order valence-corrected chi connectivity index (χ3v) is 4.43. The number of hydrogen-bond donors (Lipinski definition) is 1. The van der Waals surface area contributed by atoms with Crippen LogP contribution in [0.25, 0.3) is 10.8 Å². The SMILES string of the molecule is CNC(C)c1sc(-c2occc2Br)nc1C. The highest BCUT2D eigenvalue weighted by molar-refractivity contribution is 9.10. The van der Waals surface area contributed by atoms with Gasteiger partial charge >= 0.3 is 0 Å². The summed E-state index contributed by atoms with van der Waals surface area (Å²) in [5.74, 6) is 0.808. The molecule has 2 aromatic rings.